The van der Waals surface area contributed by atoms with E-state index in [0.29, 0.717) is 5.56 Å². The van der Waals surface area contributed by atoms with Crippen LogP contribution in [0.1, 0.15) is 0 Å². The standard InChI is InChI=1S/C22H14Cl2N2O6S2/c23-21-10-7-17(13-25-21)33(27,28)31-16-6-9-20(19(12-16)15-4-2-1-3-5-15)32-34(29,30)18-8-11-22(24)26-14-18/h1-14H. The van der Waals surface area contributed by atoms with Crippen molar-refractivity contribution >= 4 is 43.4 Å². The van der Waals surface area contributed by atoms with Crippen LogP contribution in [-0.4, -0.2) is 26.8 Å². The minimum atomic E-state index is -4.26. The third-order valence-electron chi connectivity index (χ3n) is 4.42. The molecule has 34 heavy (non-hydrogen) atoms. The molecule has 0 bridgehead atoms. The van der Waals surface area contributed by atoms with Crippen molar-refractivity contribution in [3.63, 3.8) is 0 Å². The van der Waals surface area contributed by atoms with Gasteiger partial charge in [0.2, 0.25) is 0 Å². The zero-order valence-electron chi connectivity index (χ0n) is 17.0. The van der Waals surface area contributed by atoms with Gasteiger partial charge in [0, 0.05) is 5.56 Å². The fourth-order valence-corrected chi connectivity index (χ4v) is 4.83. The molecule has 8 nitrogen and oxygen atoms in total. The van der Waals surface area contributed by atoms with Crippen molar-refractivity contribution in [1.82, 2.24) is 9.97 Å². The lowest BCUT2D eigenvalue weighted by Crippen LogP contribution is -2.12. The Morgan fingerprint density at radius 1 is 0.647 bits per heavy atom. The zero-order valence-corrected chi connectivity index (χ0v) is 20.1. The Bertz CT molecular complexity index is 1530. The molecule has 2 aromatic carbocycles. The van der Waals surface area contributed by atoms with Gasteiger partial charge in [0.05, 0.1) is 12.4 Å². The van der Waals surface area contributed by atoms with Gasteiger partial charge in [-0.15, -0.1) is 0 Å². The van der Waals surface area contributed by atoms with E-state index in [2.05, 4.69) is 9.97 Å². The van der Waals surface area contributed by atoms with E-state index in [0.717, 1.165) is 12.4 Å². The molecule has 12 heteroatoms. The van der Waals surface area contributed by atoms with Crippen molar-refractivity contribution in [2.24, 2.45) is 0 Å². The molecular formula is C22H14Cl2N2O6S2. The van der Waals surface area contributed by atoms with Gasteiger partial charge in [-0.1, -0.05) is 53.5 Å². The Morgan fingerprint density at radius 3 is 1.74 bits per heavy atom. The summed E-state index contributed by atoms with van der Waals surface area (Å²) >= 11 is 11.4. The van der Waals surface area contributed by atoms with Gasteiger partial charge in [-0.2, -0.15) is 16.8 Å². The lowest BCUT2D eigenvalue weighted by Gasteiger charge is -2.14. The third-order valence-corrected chi connectivity index (χ3v) is 7.31. The molecule has 0 aliphatic rings. The minimum Gasteiger partial charge on any atom is -0.379 e. The van der Waals surface area contributed by atoms with Crippen molar-refractivity contribution in [1.29, 1.82) is 0 Å². The van der Waals surface area contributed by atoms with E-state index in [-0.39, 0.29) is 37.2 Å². The highest BCUT2D eigenvalue weighted by Gasteiger charge is 2.22. The van der Waals surface area contributed by atoms with Crippen LogP contribution in [0.15, 0.2) is 95.0 Å². The van der Waals surface area contributed by atoms with Crippen LogP contribution < -0.4 is 8.37 Å². The summed E-state index contributed by atoms with van der Waals surface area (Å²) in [5.74, 6) is -0.106. The van der Waals surface area contributed by atoms with E-state index < -0.39 is 20.2 Å². The summed E-state index contributed by atoms with van der Waals surface area (Å²) in [6.07, 6.45) is 2.14. The summed E-state index contributed by atoms with van der Waals surface area (Å²) < 4.78 is 61.4. The number of halogens is 2. The lowest BCUT2D eigenvalue weighted by molar-refractivity contribution is 0.478. The van der Waals surface area contributed by atoms with Gasteiger partial charge in [0.25, 0.3) is 0 Å². The van der Waals surface area contributed by atoms with E-state index in [1.807, 2.05) is 0 Å². The Morgan fingerprint density at radius 2 is 1.21 bits per heavy atom. The summed E-state index contributed by atoms with van der Waals surface area (Å²) in [6, 6.07) is 17.8. The van der Waals surface area contributed by atoms with E-state index in [1.54, 1.807) is 30.3 Å². The molecule has 0 fully saturated rings. The topological polar surface area (TPSA) is 113 Å². The maximum Gasteiger partial charge on any atom is 0.340 e. The largest absolute Gasteiger partial charge is 0.379 e. The van der Waals surface area contributed by atoms with Gasteiger partial charge in [0.1, 0.15) is 25.8 Å². The van der Waals surface area contributed by atoms with Crippen molar-refractivity contribution in [2.45, 2.75) is 9.79 Å². The van der Waals surface area contributed by atoms with Gasteiger partial charge >= 0.3 is 20.2 Å². The maximum absolute atomic E-state index is 12.8. The Kier molecular flexibility index (Phi) is 6.76. The first-order valence-corrected chi connectivity index (χ1v) is 13.0. The second kappa shape index (κ2) is 9.59. The second-order valence-corrected chi connectivity index (χ2v) is 10.6. The monoisotopic (exact) mass is 536 g/mol. The molecule has 0 atom stereocenters. The van der Waals surface area contributed by atoms with Crippen LogP contribution in [0, 0.1) is 0 Å². The summed E-state index contributed by atoms with van der Waals surface area (Å²) in [5.41, 5.74) is 0.853. The molecule has 2 heterocycles. The Balaban J connectivity index is 1.72. The number of hydrogen-bond donors (Lipinski definition) is 0. The van der Waals surface area contributed by atoms with Gasteiger partial charge in [-0.3, -0.25) is 0 Å². The van der Waals surface area contributed by atoms with Gasteiger partial charge < -0.3 is 8.37 Å². The van der Waals surface area contributed by atoms with Gasteiger partial charge in [-0.05, 0) is 48.0 Å². The molecule has 0 aliphatic carbocycles. The Hall–Kier alpha value is -3.18. The van der Waals surface area contributed by atoms with Crippen molar-refractivity contribution in [3.8, 4) is 22.6 Å². The first-order valence-electron chi connectivity index (χ1n) is 9.46. The zero-order chi connectivity index (χ0) is 24.3. The highest BCUT2D eigenvalue weighted by atomic mass is 35.5. The number of aromatic nitrogens is 2. The molecule has 0 N–H and O–H groups in total. The SMILES string of the molecule is O=S(=O)(Oc1ccc(OS(=O)(=O)c2ccc(Cl)nc2)c(-c2ccccc2)c1)c1ccc(Cl)nc1. The number of pyridine rings is 2. The first kappa shape index (κ1) is 24.0. The minimum absolute atomic E-state index is 0.0425. The van der Waals surface area contributed by atoms with Crippen LogP contribution in [0.25, 0.3) is 11.1 Å². The smallest absolute Gasteiger partial charge is 0.340 e. The fraction of sp³-hybridized carbons (Fsp3) is 0. The van der Waals surface area contributed by atoms with Crippen LogP contribution in [0.2, 0.25) is 10.3 Å². The van der Waals surface area contributed by atoms with Crippen LogP contribution in [0.3, 0.4) is 0 Å². The Labute approximate surface area is 206 Å². The molecule has 174 valence electrons. The maximum atomic E-state index is 12.8. The third kappa shape index (κ3) is 5.48. The molecule has 0 spiro atoms. The summed E-state index contributed by atoms with van der Waals surface area (Å²) in [4.78, 5) is 7.11. The number of rotatable bonds is 7. The average Bonchev–Trinajstić information content (AvgIpc) is 2.81. The van der Waals surface area contributed by atoms with Crippen LogP contribution >= 0.6 is 23.2 Å². The number of hydrogen-bond acceptors (Lipinski definition) is 8. The van der Waals surface area contributed by atoms with Crippen LogP contribution in [-0.2, 0) is 20.2 Å². The van der Waals surface area contributed by atoms with Crippen molar-refractivity contribution in [2.75, 3.05) is 0 Å². The fourth-order valence-electron chi connectivity index (χ4n) is 2.84. The normalized spacial score (nSPS) is 11.7. The van der Waals surface area contributed by atoms with Crippen molar-refractivity contribution in [3.05, 3.63) is 95.5 Å². The van der Waals surface area contributed by atoms with E-state index in [1.165, 1.54) is 42.5 Å². The van der Waals surface area contributed by atoms with Gasteiger partial charge in [0.15, 0.2) is 5.75 Å². The second-order valence-electron chi connectivity index (χ2n) is 6.73. The van der Waals surface area contributed by atoms with Crippen LogP contribution in [0.5, 0.6) is 11.5 Å². The predicted octanol–water partition coefficient (Wildman–Crippen LogP) is 4.99. The summed E-state index contributed by atoms with van der Waals surface area (Å²) in [7, 11) is -8.48. The number of benzene rings is 2. The highest BCUT2D eigenvalue weighted by molar-refractivity contribution is 7.87. The molecule has 0 unspecified atom stereocenters. The molecule has 0 saturated carbocycles. The molecule has 0 aliphatic heterocycles. The molecule has 0 radical (unpaired) electrons. The number of nitrogens with zero attached hydrogens (tertiary/aromatic N) is 2. The summed E-state index contributed by atoms with van der Waals surface area (Å²) in [5, 5.41) is 0.256. The quantitative estimate of drug-likeness (QED) is 0.240. The molecule has 2 aromatic heterocycles. The van der Waals surface area contributed by atoms with Crippen LogP contribution in [0.4, 0.5) is 0 Å². The molecule has 4 aromatic rings. The predicted molar refractivity (Wildman–Crippen MR) is 126 cm³/mol. The molecule has 0 saturated heterocycles. The molecule has 0 amide bonds. The average molecular weight is 537 g/mol. The highest BCUT2D eigenvalue weighted by Crippen LogP contribution is 2.36. The van der Waals surface area contributed by atoms with Crippen molar-refractivity contribution < 1.29 is 25.2 Å². The van der Waals surface area contributed by atoms with E-state index in [4.69, 9.17) is 31.6 Å². The molecular weight excluding hydrogens is 523 g/mol. The lowest BCUT2D eigenvalue weighted by atomic mass is 10.0. The summed E-state index contributed by atoms with van der Waals surface area (Å²) in [6.45, 7) is 0. The van der Waals surface area contributed by atoms with E-state index >= 15 is 0 Å². The molecule has 4 rings (SSSR count). The van der Waals surface area contributed by atoms with Gasteiger partial charge in [-0.25, -0.2) is 9.97 Å². The first-order chi connectivity index (χ1) is 16.1. The van der Waals surface area contributed by atoms with E-state index in [9.17, 15) is 16.8 Å².